The van der Waals surface area contributed by atoms with Crippen LogP contribution in [0.1, 0.15) is 23.8 Å². The van der Waals surface area contributed by atoms with Crippen LogP contribution in [0, 0.1) is 0 Å². The minimum Gasteiger partial charge on any atom is -0.508 e. The average molecular weight is 446 g/mol. The molecule has 2 N–H and O–H groups in total. The predicted molar refractivity (Wildman–Crippen MR) is 121 cm³/mol. The number of hydrogen-bond acceptors (Lipinski definition) is 6. The normalized spacial score (nSPS) is 16.4. The molecule has 9 heteroatoms. The summed E-state index contributed by atoms with van der Waals surface area (Å²) >= 11 is 6.55. The third-order valence-electron chi connectivity index (χ3n) is 4.84. The molecule has 1 aromatic carbocycles. The van der Waals surface area contributed by atoms with E-state index in [1.165, 1.54) is 33.7 Å². The number of nitrogens with zero attached hydrogens (tertiary/aromatic N) is 3. The van der Waals surface area contributed by atoms with Crippen molar-refractivity contribution >= 4 is 46.2 Å². The molecule has 30 heavy (non-hydrogen) atoms. The average Bonchev–Trinajstić information content (AvgIpc) is 3.23. The number of carbonyl (C=O) groups excluding carboxylic acids is 2. The maximum Gasteiger partial charge on any atom is 0.266 e. The number of aromatic nitrogens is 1. The molecular formula is C21H23N3O4S2. The lowest BCUT2D eigenvalue weighted by molar-refractivity contribution is -0.131. The Kier molecular flexibility index (Phi) is 6.96. The zero-order valence-corrected chi connectivity index (χ0v) is 18.3. The first-order valence-electron chi connectivity index (χ1n) is 9.34. The monoisotopic (exact) mass is 445 g/mol. The van der Waals surface area contributed by atoms with E-state index in [4.69, 9.17) is 12.2 Å². The topological polar surface area (TPSA) is 86.0 Å². The van der Waals surface area contributed by atoms with E-state index in [2.05, 4.69) is 0 Å². The first-order valence-corrected chi connectivity index (χ1v) is 10.6. The number of aryl methyl sites for hydroxylation is 1. The Morgan fingerprint density at radius 2 is 2.00 bits per heavy atom. The molecular weight excluding hydrogens is 422 g/mol. The quantitative estimate of drug-likeness (QED) is 0.503. The van der Waals surface area contributed by atoms with Gasteiger partial charge in [0.05, 0.1) is 17.6 Å². The number of thiocarbonyl (C=S) groups is 1. The van der Waals surface area contributed by atoms with Crippen molar-refractivity contribution in [1.29, 1.82) is 0 Å². The van der Waals surface area contributed by atoms with Crippen LogP contribution in [-0.2, 0) is 16.6 Å². The summed E-state index contributed by atoms with van der Waals surface area (Å²) in [5, 5.41) is 19.6. The Labute approximate surface area is 184 Å². The van der Waals surface area contributed by atoms with Crippen molar-refractivity contribution in [3.05, 3.63) is 58.8 Å². The Morgan fingerprint density at radius 3 is 2.63 bits per heavy atom. The third-order valence-corrected chi connectivity index (χ3v) is 6.21. The summed E-state index contributed by atoms with van der Waals surface area (Å²) in [6.07, 6.45) is 2.92. The fourth-order valence-electron chi connectivity index (χ4n) is 3.01. The number of aromatic hydroxyl groups is 1. The van der Waals surface area contributed by atoms with Crippen LogP contribution in [0.5, 0.6) is 5.75 Å². The van der Waals surface area contributed by atoms with Gasteiger partial charge in [-0.1, -0.05) is 36.1 Å². The van der Waals surface area contributed by atoms with Crippen LogP contribution in [0.2, 0.25) is 0 Å². The van der Waals surface area contributed by atoms with E-state index in [1.807, 2.05) is 29.9 Å². The van der Waals surface area contributed by atoms with Gasteiger partial charge in [0.15, 0.2) is 0 Å². The second kappa shape index (κ2) is 9.46. The van der Waals surface area contributed by atoms with Gasteiger partial charge in [0, 0.05) is 39.0 Å². The number of phenolic OH excluding ortho intramolecular Hbond substituents is 1. The van der Waals surface area contributed by atoms with E-state index in [0.29, 0.717) is 14.8 Å². The molecule has 1 aliphatic heterocycles. The maximum atomic E-state index is 12.7. The van der Waals surface area contributed by atoms with E-state index < -0.39 is 6.10 Å². The number of aliphatic hydroxyl groups is 1. The van der Waals surface area contributed by atoms with Crippen molar-refractivity contribution in [2.24, 2.45) is 7.05 Å². The first kappa shape index (κ1) is 22.1. The van der Waals surface area contributed by atoms with E-state index in [1.54, 1.807) is 25.3 Å². The van der Waals surface area contributed by atoms with Crippen LogP contribution in [0.4, 0.5) is 0 Å². The molecule has 7 nitrogen and oxygen atoms in total. The molecule has 0 spiro atoms. The zero-order chi connectivity index (χ0) is 21.8. The summed E-state index contributed by atoms with van der Waals surface area (Å²) in [6, 6.07) is 9.99. The van der Waals surface area contributed by atoms with Crippen molar-refractivity contribution in [2.75, 3.05) is 20.1 Å². The molecule has 1 aromatic heterocycles. The van der Waals surface area contributed by atoms with E-state index >= 15 is 0 Å². The molecule has 0 bridgehead atoms. The molecule has 0 saturated carbocycles. The standard InChI is InChI=1S/C21H23N3O4S2/c1-22-10-3-4-15(22)12-18-20(28)24(21(29)30-18)11-9-19(27)23(2)13-17(26)14-5-7-16(25)8-6-14/h3-8,10,12,17,25-26H,9,11,13H2,1-2H3. The molecule has 0 aliphatic carbocycles. The molecule has 1 saturated heterocycles. The number of phenols is 1. The summed E-state index contributed by atoms with van der Waals surface area (Å²) in [4.78, 5) is 28.6. The molecule has 1 aliphatic rings. The highest BCUT2D eigenvalue weighted by Crippen LogP contribution is 2.32. The van der Waals surface area contributed by atoms with Crippen molar-refractivity contribution < 1.29 is 19.8 Å². The number of aliphatic hydroxyl groups excluding tert-OH is 1. The Bertz CT molecular complexity index is 984. The summed E-state index contributed by atoms with van der Waals surface area (Å²) in [5.41, 5.74) is 1.50. The molecule has 2 aromatic rings. The minimum atomic E-state index is -0.871. The van der Waals surface area contributed by atoms with E-state index in [9.17, 15) is 19.8 Å². The van der Waals surface area contributed by atoms with Crippen LogP contribution in [0.25, 0.3) is 6.08 Å². The fraction of sp³-hybridized carbons (Fsp3) is 0.286. The second-order valence-corrected chi connectivity index (χ2v) is 8.68. The number of carbonyl (C=O) groups is 2. The van der Waals surface area contributed by atoms with Crippen molar-refractivity contribution in [3.63, 3.8) is 0 Å². The molecule has 3 rings (SSSR count). The largest absolute Gasteiger partial charge is 0.508 e. The van der Waals surface area contributed by atoms with Crippen LogP contribution >= 0.6 is 24.0 Å². The summed E-state index contributed by atoms with van der Waals surface area (Å²) in [6.45, 7) is 0.295. The predicted octanol–water partition coefficient (Wildman–Crippen LogP) is 2.51. The molecule has 1 atom stereocenters. The van der Waals surface area contributed by atoms with Crippen LogP contribution in [0.3, 0.4) is 0 Å². The lowest BCUT2D eigenvalue weighted by Crippen LogP contribution is -2.36. The Morgan fingerprint density at radius 1 is 1.30 bits per heavy atom. The van der Waals surface area contributed by atoms with Gasteiger partial charge in [-0.15, -0.1) is 0 Å². The van der Waals surface area contributed by atoms with Crippen molar-refractivity contribution in [2.45, 2.75) is 12.5 Å². The molecule has 1 unspecified atom stereocenters. The van der Waals surface area contributed by atoms with Gasteiger partial charge in [0.1, 0.15) is 10.1 Å². The van der Waals surface area contributed by atoms with Crippen molar-refractivity contribution in [3.8, 4) is 5.75 Å². The second-order valence-electron chi connectivity index (χ2n) is 7.01. The number of likely N-dealkylation sites (N-methyl/N-ethyl adjacent to an activating group) is 1. The van der Waals surface area contributed by atoms with Gasteiger partial charge in [-0.25, -0.2) is 0 Å². The zero-order valence-electron chi connectivity index (χ0n) is 16.7. The highest BCUT2D eigenvalue weighted by Gasteiger charge is 2.32. The first-order chi connectivity index (χ1) is 14.3. The third kappa shape index (κ3) is 5.10. The number of hydrogen-bond donors (Lipinski definition) is 2. The number of benzene rings is 1. The molecule has 2 heterocycles. The van der Waals surface area contributed by atoms with Crippen LogP contribution < -0.4 is 0 Å². The molecule has 1 fully saturated rings. The van der Waals surface area contributed by atoms with Gasteiger partial charge in [-0.2, -0.15) is 0 Å². The van der Waals surface area contributed by atoms with Gasteiger partial charge in [-0.05, 0) is 35.9 Å². The Balaban J connectivity index is 1.55. The van der Waals surface area contributed by atoms with Gasteiger partial charge in [0.25, 0.3) is 5.91 Å². The van der Waals surface area contributed by atoms with Gasteiger partial charge < -0.3 is 19.7 Å². The highest BCUT2D eigenvalue weighted by atomic mass is 32.2. The van der Waals surface area contributed by atoms with Crippen LogP contribution in [0.15, 0.2) is 47.5 Å². The van der Waals surface area contributed by atoms with Gasteiger partial charge in [-0.3, -0.25) is 14.5 Å². The van der Waals surface area contributed by atoms with E-state index in [-0.39, 0.29) is 37.1 Å². The smallest absolute Gasteiger partial charge is 0.266 e. The fourth-order valence-corrected chi connectivity index (χ4v) is 4.31. The Hall–Kier alpha value is -2.62. The molecule has 158 valence electrons. The summed E-state index contributed by atoms with van der Waals surface area (Å²) < 4.78 is 2.34. The van der Waals surface area contributed by atoms with Gasteiger partial charge >= 0.3 is 0 Å². The number of amides is 2. The highest BCUT2D eigenvalue weighted by molar-refractivity contribution is 8.26. The minimum absolute atomic E-state index is 0.0999. The number of rotatable bonds is 7. The van der Waals surface area contributed by atoms with Crippen molar-refractivity contribution in [1.82, 2.24) is 14.4 Å². The molecule has 0 radical (unpaired) electrons. The summed E-state index contributed by atoms with van der Waals surface area (Å²) in [7, 11) is 3.50. The SMILES string of the molecule is CN(CC(O)c1ccc(O)cc1)C(=O)CCN1C(=O)C(=Cc2cccn2C)SC1=S. The van der Waals surface area contributed by atoms with Gasteiger partial charge in [0.2, 0.25) is 5.91 Å². The lowest BCUT2D eigenvalue weighted by Gasteiger charge is -2.22. The molecule has 2 amide bonds. The number of thioether (sulfide) groups is 1. The summed E-state index contributed by atoms with van der Waals surface area (Å²) in [5.74, 6) is -0.292. The van der Waals surface area contributed by atoms with E-state index in [0.717, 1.165) is 5.69 Å². The van der Waals surface area contributed by atoms with Crippen LogP contribution in [-0.4, -0.2) is 60.9 Å². The lowest BCUT2D eigenvalue weighted by atomic mass is 10.1. The maximum absolute atomic E-state index is 12.7.